The van der Waals surface area contributed by atoms with Gasteiger partial charge in [0.1, 0.15) is 0 Å². The molecule has 0 aliphatic heterocycles. The quantitative estimate of drug-likeness (QED) is 0.680. The van der Waals surface area contributed by atoms with Crippen molar-refractivity contribution in [2.45, 2.75) is 22.5 Å². The van der Waals surface area contributed by atoms with E-state index >= 15 is 0 Å². The van der Waals surface area contributed by atoms with E-state index < -0.39 is 16.0 Å². The molecule has 20 heavy (non-hydrogen) atoms. The third kappa shape index (κ3) is 3.46. The molecule has 1 fully saturated rings. The summed E-state index contributed by atoms with van der Waals surface area (Å²) in [7, 11) is -3.67. The number of nitrogens with one attached hydrogen (secondary N) is 1. The summed E-state index contributed by atoms with van der Waals surface area (Å²) in [4.78, 5) is 11.0. The van der Waals surface area contributed by atoms with Gasteiger partial charge in [-0.1, -0.05) is 0 Å². The van der Waals surface area contributed by atoms with Crippen LogP contribution in [-0.2, 0) is 10.0 Å². The van der Waals surface area contributed by atoms with Crippen molar-refractivity contribution in [1.29, 1.82) is 0 Å². The molecular weight excluding hydrogens is 413 g/mol. The van der Waals surface area contributed by atoms with Crippen molar-refractivity contribution in [2.75, 3.05) is 12.8 Å². The van der Waals surface area contributed by atoms with Gasteiger partial charge in [0.25, 0.3) is 0 Å². The van der Waals surface area contributed by atoms with Gasteiger partial charge in [-0.25, -0.2) is 17.9 Å². The van der Waals surface area contributed by atoms with Crippen LogP contribution in [0.1, 0.15) is 23.2 Å². The summed E-state index contributed by atoms with van der Waals surface area (Å²) in [6.45, 7) is 0.380. The van der Waals surface area contributed by atoms with Crippen LogP contribution in [-0.4, -0.2) is 37.0 Å². The maximum absolute atomic E-state index is 12.2. The van der Waals surface area contributed by atoms with Crippen LogP contribution in [0.15, 0.2) is 23.1 Å². The van der Waals surface area contributed by atoms with Gasteiger partial charge in [0, 0.05) is 14.9 Å². The first-order valence-electron chi connectivity index (χ1n) is 5.87. The van der Waals surface area contributed by atoms with Gasteiger partial charge in [-0.2, -0.15) is 11.8 Å². The van der Waals surface area contributed by atoms with Crippen molar-refractivity contribution >= 4 is 50.3 Å². The second-order valence-electron chi connectivity index (χ2n) is 4.66. The van der Waals surface area contributed by atoms with Crippen LogP contribution >= 0.6 is 34.4 Å². The van der Waals surface area contributed by atoms with Crippen molar-refractivity contribution in [3.05, 3.63) is 27.3 Å². The minimum absolute atomic E-state index is 0.000485. The Labute approximate surface area is 135 Å². The number of hydrogen-bond donors (Lipinski definition) is 2. The maximum atomic E-state index is 12.2. The molecule has 110 valence electrons. The van der Waals surface area contributed by atoms with E-state index in [1.165, 1.54) is 18.2 Å². The van der Waals surface area contributed by atoms with Crippen molar-refractivity contribution in [1.82, 2.24) is 4.72 Å². The number of carboxylic acids is 1. The van der Waals surface area contributed by atoms with E-state index in [1.807, 2.05) is 28.8 Å². The van der Waals surface area contributed by atoms with Gasteiger partial charge in [0.05, 0.1) is 10.5 Å². The lowest BCUT2D eigenvalue weighted by atomic mass is 10.2. The van der Waals surface area contributed by atoms with Crippen LogP contribution in [0.2, 0.25) is 0 Å². The molecule has 0 saturated heterocycles. The lowest BCUT2D eigenvalue weighted by Gasteiger charge is -2.14. The minimum atomic E-state index is -3.67. The minimum Gasteiger partial charge on any atom is -0.478 e. The zero-order valence-electron chi connectivity index (χ0n) is 10.7. The summed E-state index contributed by atoms with van der Waals surface area (Å²) < 4.78 is 27.5. The molecule has 0 heterocycles. The lowest BCUT2D eigenvalue weighted by Crippen LogP contribution is -2.31. The normalized spacial score (nSPS) is 16.9. The fourth-order valence-electron chi connectivity index (χ4n) is 1.74. The standard InChI is InChI=1S/C12H14INO4S2/c1-19-12(4-5-12)7-14-20(17,18)8-2-3-10(13)9(6-8)11(15)16/h2-3,6,14H,4-5,7H2,1H3,(H,15,16). The second kappa shape index (κ2) is 5.82. The Bertz CT molecular complexity index is 641. The summed E-state index contributed by atoms with van der Waals surface area (Å²) in [5.41, 5.74) is -0.000485. The SMILES string of the molecule is CSC1(CNS(=O)(=O)c2ccc(I)c(C(=O)O)c2)CC1. The van der Waals surface area contributed by atoms with Gasteiger partial charge in [-0.15, -0.1) is 0 Å². The molecule has 2 rings (SSSR count). The highest BCUT2D eigenvalue weighted by atomic mass is 127. The largest absolute Gasteiger partial charge is 0.478 e. The van der Waals surface area contributed by atoms with Crippen LogP contribution in [0.4, 0.5) is 0 Å². The number of thioether (sulfide) groups is 1. The molecule has 0 aromatic heterocycles. The molecule has 2 N–H and O–H groups in total. The zero-order chi connectivity index (χ0) is 15.0. The van der Waals surface area contributed by atoms with Gasteiger partial charge in [-0.3, -0.25) is 0 Å². The molecule has 0 amide bonds. The highest BCUT2D eigenvalue weighted by Gasteiger charge is 2.42. The first kappa shape index (κ1) is 16.1. The van der Waals surface area contributed by atoms with E-state index in [1.54, 1.807) is 11.8 Å². The number of carboxylic acid groups (broad SMARTS) is 1. The number of carbonyl (C=O) groups is 1. The van der Waals surface area contributed by atoms with Crippen molar-refractivity contribution in [3.63, 3.8) is 0 Å². The Kier molecular flexibility index (Phi) is 4.67. The van der Waals surface area contributed by atoms with Crippen molar-refractivity contribution in [3.8, 4) is 0 Å². The summed E-state index contributed by atoms with van der Waals surface area (Å²) in [6.07, 6.45) is 3.97. The van der Waals surface area contributed by atoms with Crippen LogP contribution in [0.3, 0.4) is 0 Å². The average Bonchev–Trinajstić information content (AvgIpc) is 3.17. The van der Waals surface area contributed by atoms with Gasteiger partial charge < -0.3 is 5.11 Å². The summed E-state index contributed by atoms with van der Waals surface area (Å²) in [6, 6.07) is 4.13. The molecule has 0 spiro atoms. The van der Waals surface area contributed by atoms with Crippen molar-refractivity contribution < 1.29 is 18.3 Å². The van der Waals surface area contributed by atoms with E-state index in [0.717, 1.165) is 12.8 Å². The fourth-order valence-corrected chi connectivity index (χ4v) is 4.28. The number of sulfonamides is 1. The van der Waals surface area contributed by atoms with E-state index in [-0.39, 0.29) is 15.2 Å². The van der Waals surface area contributed by atoms with E-state index in [2.05, 4.69) is 4.72 Å². The molecule has 0 bridgehead atoms. The Morgan fingerprint density at radius 1 is 1.50 bits per heavy atom. The van der Waals surface area contributed by atoms with Crippen LogP contribution in [0.25, 0.3) is 0 Å². The third-order valence-electron chi connectivity index (χ3n) is 3.30. The summed E-state index contributed by atoms with van der Waals surface area (Å²) in [5.74, 6) is -1.13. The maximum Gasteiger partial charge on any atom is 0.336 e. The first-order valence-corrected chi connectivity index (χ1v) is 9.66. The average molecular weight is 427 g/mol. The summed E-state index contributed by atoms with van der Waals surface area (Å²) in [5, 5.41) is 9.04. The number of halogens is 1. The molecule has 1 aromatic rings. The number of hydrogen-bond acceptors (Lipinski definition) is 4. The summed E-state index contributed by atoms with van der Waals surface area (Å²) >= 11 is 3.53. The molecule has 0 radical (unpaired) electrons. The van der Waals surface area contributed by atoms with Crippen molar-refractivity contribution in [2.24, 2.45) is 0 Å². The highest BCUT2D eigenvalue weighted by Crippen LogP contribution is 2.46. The van der Waals surface area contributed by atoms with E-state index in [0.29, 0.717) is 10.1 Å². The predicted octanol–water partition coefficient (Wildman–Crippen LogP) is 2.16. The molecule has 0 unspecified atom stereocenters. The molecule has 5 nitrogen and oxygen atoms in total. The zero-order valence-corrected chi connectivity index (χ0v) is 14.5. The predicted molar refractivity (Wildman–Crippen MR) is 86.8 cm³/mol. The number of aromatic carboxylic acids is 1. The first-order chi connectivity index (χ1) is 9.30. The van der Waals surface area contributed by atoms with Crippen LogP contribution < -0.4 is 4.72 Å². The topological polar surface area (TPSA) is 83.5 Å². The molecule has 1 aromatic carbocycles. The molecular formula is C12H14INO4S2. The second-order valence-corrected chi connectivity index (χ2v) is 8.86. The Hall–Kier alpha value is -0.320. The van der Waals surface area contributed by atoms with E-state index in [4.69, 9.17) is 5.11 Å². The smallest absolute Gasteiger partial charge is 0.336 e. The van der Waals surface area contributed by atoms with Crippen LogP contribution in [0, 0.1) is 3.57 Å². The third-order valence-corrected chi connectivity index (χ3v) is 7.06. The number of benzene rings is 1. The molecule has 1 aliphatic carbocycles. The molecule has 1 saturated carbocycles. The van der Waals surface area contributed by atoms with E-state index in [9.17, 15) is 13.2 Å². The number of rotatable bonds is 6. The van der Waals surface area contributed by atoms with Gasteiger partial charge in [0.2, 0.25) is 10.0 Å². The molecule has 8 heteroatoms. The Balaban J connectivity index is 2.21. The van der Waals surface area contributed by atoms with Crippen LogP contribution in [0.5, 0.6) is 0 Å². The monoisotopic (exact) mass is 427 g/mol. The molecule has 0 atom stereocenters. The highest BCUT2D eigenvalue weighted by molar-refractivity contribution is 14.1. The van der Waals surface area contributed by atoms with Gasteiger partial charge in [-0.05, 0) is 59.9 Å². The lowest BCUT2D eigenvalue weighted by molar-refractivity contribution is 0.0695. The molecule has 1 aliphatic rings. The Morgan fingerprint density at radius 2 is 2.15 bits per heavy atom. The van der Waals surface area contributed by atoms with Gasteiger partial charge in [0.15, 0.2) is 0 Å². The fraction of sp³-hybridized carbons (Fsp3) is 0.417. The Morgan fingerprint density at radius 3 is 2.65 bits per heavy atom. The van der Waals surface area contributed by atoms with Gasteiger partial charge >= 0.3 is 5.97 Å².